The van der Waals surface area contributed by atoms with Crippen molar-refractivity contribution in [2.75, 3.05) is 52.9 Å². The molecule has 0 radical (unpaired) electrons. The van der Waals surface area contributed by atoms with Crippen molar-refractivity contribution in [1.82, 2.24) is 0 Å². The number of phosphoric acid groups is 1. The maximum atomic E-state index is 11.4. The minimum atomic E-state index is -3.84. The highest BCUT2D eigenvalue weighted by atomic mass is 32.2. The number of phosphoric ester groups is 1. The van der Waals surface area contributed by atoms with Crippen LogP contribution < -0.4 is 0 Å². The summed E-state index contributed by atoms with van der Waals surface area (Å²) in [5.41, 5.74) is 0. The molecule has 1 unspecified atom stereocenters. The van der Waals surface area contributed by atoms with E-state index in [-0.39, 0.29) is 13.2 Å². The van der Waals surface area contributed by atoms with Gasteiger partial charge >= 0.3 is 7.82 Å². The van der Waals surface area contributed by atoms with Crippen LogP contribution in [0.1, 0.15) is 6.42 Å². The average Bonchev–Trinajstić information content (AvgIpc) is 2.10. The summed E-state index contributed by atoms with van der Waals surface area (Å²) in [5.74, 6) is 0.916. The topological polar surface area (TPSA) is 55.8 Å². The van der Waals surface area contributed by atoms with E-state index in [0.29, 0.717) is 11.0 Å². The molecule has 0 rings (SSSR count). The van der Waals surface area contributed by atoms with Gasteiger partial charge in [-0.1, -0.05) is 0 Å². The summed E-state index contributed by atoms with van der Waals surface area (Å²) in [6, 6.07) is 0. The van der Waals surface area contributed by atoms with Crippen molar-refractivity contribution in [3.63, 3.8) is 0 Å². The second-order valence-electron chi connectivity index (χ2n) is 4.50. The third kappa shape index (κ3) is 10.9. The van der Waals surface area contributed by atoms with Crippen LogP contribution in [0, 0.1) is 0 Å². The molecule has 0 aliphatic heterocycles. The quantitative estimate of drug-likeness (QED) is 0.392. The summed E-state index contributed by atoms with van der Waals surface area (Å²) >= 11 is 1.68. The molecule has 0 saturated carbocycles. The zero-order valence-electron chi connectivity index (χ0n) is 10.5. The molecule has 1 N–H and O–H groups in total. The summed E-state index contributed by atoms with van der Waals surface area (Å²) in [6.07, 6.45) is 2.74. The fourth-order valence-corrected chi connectivity index (χ4v) is 2.00. The Labute approximate surface area is 102 Å². The van der Waals surface area contributed by atoms with Crippen molar-refractivity contribution in [2.45, 2.75) is 6.42 Å². The molecule has 0 amide bonds. The molecule has 98 valence electrons. The number of likely N-dealkylation sites (N-methyl/N-ethyl adjacent to an activating group) is 1. The van der Waals surface area contributed by atoms with Crippen molar-refractivity contribution < 1.29 is 23.0 Å². The number of rotatable bonds is 9. The molecule has 0 aliphatic rings. The lowest BCUT2D eigenvalue weighted by Gasteiger charge is -2.24. The first-order chi connectivity index (χ1) is 7.27. The summed E-state index contributed by atoms with van der Waals surface area (Å²) in [7, 11) is 2.14. The van der Waals surface area contributed by atoms with Crippen LogP contribution in [-0.4, -0.2) is 62.3 Å². The van der Waals surface area contributed by atoms with Crippen molar-refractivity contribution >= 4 is 19.6 Å². The van der Waals surface area contributed by atoms with Crippen molar-refractivity contribution in [3.8, 4) is 0 Å². The summed E-state index contributed by atoms with van der Waals surface area (Å²) in [5, 5.41) is 0. The lowest BCUT2D eigenvalue weighted by atomic mass is 10.5. The monoisotopic (exact) mass is 272 g/mol. The van der Waals surface area contributed by atoms with E-state index in [4.69, 9.17) is 9.05 Å². The van der Waals surface area contributed by atoms with Crippen LogP contribution in [0.4, 0.5) is 0 Å². The average molecular weight is 272 g/mol. The minimum Gasteiger partial charge on any atom is -0.329 e. The third-order valence-electron chi connectivity index (χ3n) is 1.76. The molecule has 7 heteroatoms. The van der Waals surface area contributed by atoms with Gasteiger partial charge in [-0.15, -0.1) is 0 Å². The smallest absolute Gasteiger partial charge is 0.329 e. The van der Waals surface area contributed by atoms with Gasteiger partial charge in [0.1, 0.15) is 13.2 Å². The van der Waals surface area contributed by atoms with Crippen molar-refractivity contribution in [3.05, 3.63) is 0 Å². The Morgan fingerprint density at radius 3 is 2.31 bits per heavy atom. The van der Waals surface area contributed by atoms with E-state index in [2.05, 4.69) is 0 Å². The van der Waals surface area contributed by atoms with Crippen LogP contribution in [0.3, 0.4) is 0 Å². The number of hydrogen-bond donors (Lipinski definition) is 1. The predicted octanol–water partition coefficient (Wildman–Crippen LogP) is 1.58. The molecule has 0 spiro atoms. The van der Waals surface area contributed by atoms with Gasteiger partial charge in [0.05, 0.1) is 27.7 Å². The third-order valence-corrected chi connectivity index (χ3v) is 3.48. The van der Waals surface area contributed by atoms with E-state index in [1.807, 2.05) is 27.4 Å². The molecule has 5 nitrogen and oxygen atoms in total. The number of hydrogen-bond acceptors (Lipinski definition) is 4. The Hall–Kier alpha value is 0.420. The summed E-state index contributed by atoms with van der Waals surface area (Å²) in [6.45, 7) is 1.15. The molecule has 1 atom stereocenters. The van der Waals surface area contributed by atoms with Gasteiger partial charge in [0.15, 0.2) is 0 Å². The molecular weight excluding hydrogens is 249 g/mol. The van der Waals surface area contributed by atoms with E-state index in [9.17, 15) is 9.46 Å². The van der Waals surface area contributed by atoms with Crippen LogP contribution >= 0.6 is 19.6 Å². The molecule has 0 aromatic rings. The van der Waals surface area contributed by atoms with Gasteiger partial charge in [-0.05, 0) is 18.4 Å². The number of thioether (sulfide) groups is 1. The Bertz CT molecular complexity index is 232. The Morgan fingerprint density at radius 1 is 1.25 bits per heavy atom. The van der Waals surface area contributed by atoms with Crippen LogP contribution in [0.25, 0.3) is 0 Å². The lowest BCUT2D eigenvalue weighted by Crippen LogP contribution is -2.37. The molecule has 0 fully saturated rings. The molecule has 0 bridgehead atoms. The lowest BCUT2D eigenvalue weighted by molar-refractivity contribution is -0.870. The van der Waals surface area contributed by atoms with Gasteiger partial charge in [-0.2, -0.15) is 11.8 Å². The van der Waals surface area contributed by atoms with Crippen LogP contribution in [-0.2, 0) is 13.6 Å². The van der Waals surface area contributed by atoms with Crippen LogP contribution in [0.15, 0.2) is 0 Å². The van der Waals surface area contributed by atoms with E-state index < -0.39 is 7.82 Å². The van der Waals surface area contributed by atoms with Gasteiger partial charge in [0.2, 0.25) is 0 Å². The highest BCUT2D eigenvalue weighted by molar-refractivity contribution is 7.98. The Kier molecular flexibility index (Phi) is 7.89. The molecule has 0 aromatic heterocycles. The fourth-order valence-electron chi connectivity index (χ4n) is 0.850. The molecule has 0 aliphatic carbocycles. The molecule has 0 aromatic carbocycles. The number of nitrogens with zero attached hydrogens (tertiary/aromatic N) is 1. The zero-order valence-corrected chi connectivity index (χ0v) is 12.2. The van der Waals surface area contributed by atoms with Gasteiger partial charge in [0.25, 0.3) is 0 Å². The highest BCUT2D eigenvalue weighted by Crippen LogP contribution is 2.43. The Balaban J connectivity index is 3.66. The first-order valence-corrected chi connectivity index (χ1v) is 8.07. The normalized spacial score (nSPS) is 16.1. The van der Waals surface area contributed by atoms with Crippen molar-refractivity contribution in [1.29, 1.82) is 0 Å². The second-order valence-corrected chi connectivity index (χ2v) is 6.93. The largest absolute Gasteiger partial charge is 0.472 e. The van der Waals surface area contributed by atoms with Gasteiger partial charge in [-0.3, -0.25) is 9.05 Å². The Morgan fingerprint density at radius 2 is 1.81 bits per heavy atom. The van der Waals surface area contributed by atoms with E-state index in [1.165, 1.54) is 0 Å². The van der Waals surface area contributed by atoms with E-state index in [0.717, 1.165) is 12.2 Å². The molecule has 16 heavy (non-hydrogen) atoms. The summed E-state index contributed by atoms with van der Waals surface area (Å²) < 4.78 is 21.7. The second kappa shape index (κ2) is 7.69. The van der Waals surface area contributed by atoms with Gasteiger partial charge in [-0.25, -0.2) is 4.57 Å². The van der Waals surface area contributed by atoms with Gasteiger partial charge < -0.3 is 9.38 Å². The van der Waals surface area contributed by atoms with Crippen molar-refractivity contribution in [2.24, 2.45) is 0 Å². The molecular formula is C9H23NO4PS+. The minimum absolute atomic E-state index is 0.222. The highest BCUT2D eigenvalue weighted by Gasteiger charge is 2.21. The van der Waals surface area contributed by atoms with Gasteiger partial charge in [0, 0.05) is 0 Å². The molecule has 0 saturated heterocycles. The number of quaternary nitrogens is 1. The fraction of sp³-hybridized carbons (Fsp3) is 1.00. The SMILES string of the molecule is CSCCCOP(=O)(O)OCC[N+](C)(C)C. The maximum absolute atomic E-state index is 11.4. The predicted molar refractivity (Wildman–Crippen MR) is 67.6 cm³/mol. The van der Waals surface area contributed by atoms with E-state index in [1.54, 1.807) is 11.8 Å². The molecule has 0 heterocycles. The van der Waals surface area contributed by atoms with Crippen LogP contribution in [0.5, 0.6) is 0 Å². The standard InChI is InChI=1S/C9H22NO4PS/c1-10(2,3)6-8-14-15(11,12)13-7-5-9-16-4/h5-9H2,1-4H3/p+1. The summed E-state index contributed by atoms with van der Waals surface area (Å²) in [4.78, 5) is 9.31. The zero-order chi connectivity index (χ0) is 12.7. The first kappa shape index (κ1) is 16.4. The van der Waals surface area contributed by atoms with E-state index >= 15 is 0 Å². The van der Waals surface area contributed by atoms with Crippen LogP contribution in [0.2, 0.25) is 0 Å². The maximum Gasteiger partial charge on any atom is 0.472 e. The first-order valence-electron chi connectivity index (χ1n) is 5.18.